The molecule has 1 amide bonds. The van der Waals surface area contributed by atoms with Crippen molar-refractivity contribution in [1.29, 1.82) is 0 Å². The molecule has 2 rings (SSSR count). The Balaban J connectivity index is 1.90. The van der Waals surface area contributed by atoms with E-state index in [0.717, 1.165) is 48.9 Å². The summed E-state index contributed by atoms with van der Waals surface area (Å²) in [5.74, 6) is 2.86. The monoisotopic (exact) mass is 376 g/mol. The molecule has 0 bridgehead atoms. The van der Waals surface area contributed by atoms with E-state index in [0.29, 0.717) is 11.2 Å². The summed E-state index contributed by atoms with van der Waals surface area (Å²) in [6.45, 7) is 7.48. The first-order valence-corrected chi connectivity index (χ1v) is 10.3. The molecule has 6 heteroatoms. The van der Waals surface area contributed by atoms with Crippen LogP contribution in [0.3, 0.4) is 0 Å². The second-order valence-corrected chi connectivity index (χ2v) is 8.57. The van der Waals surface area contributed by atoms with Gasteiger partial charge in [0.1, 0.15) is 0 Å². The minimum atomic E-state index is 0.0427. The van der Waals surface area contributed by atoms with Gasteiger partial charge in [0.2, 0.25) is 0 Å². The van der Waals surface area contributed by atoms with Crippen molar-refractivity contribution in [2.45, 2.75) is 25.5 Å². The summed E-state index contributed by atoms with van der Waals surface area (Å²) in [4.78, 5) is 20.5. The molecule has 5 nitrogen and oxygen atoms in total. The summed E-state index contributed by atoms with van der Waals surface area (Å²) in [5.41, 5.74) is 1.90. The summed E-state index contributed by atoms with van der Waals surface area (Å²) < 4.78 is 0. The Morgan fingerprint density at radius 1 is 1.42 bits per heavy atom. The van der Waals surface area contributed by atoms with Crippen LogP contribution in [0.25, 0.3) is 0 Å². The molecule has 1 atom stereocenters. The first kappa shape index (κ1) is 20.6. The van der Waals surface area contributed by atoms with Crippen molar-refractivity contribution in [3.05, 3.63) is 35.4 Å². The molecule has 1 N–H and O–H groups in total. The maximum atomic E-state index is 12.1. The second kappa shape index (κ2) is 9.86. The summed E-state index contributed by atoms with van der Waals surface area (Å²) in [6, 6.07) is 7.88. The van der Waals surface area contributed by atoms with Crippen molar-refractivity contribution in [3.63, 3.8) is 0 Å². The van der Waals surface area contributed by atoms with E-state index in [9.17, 15) is 4.79 Å². The Bertz CT molecular complexity index is 630. The SMILES string of the molecule is CN=C(NCCc1cccc(C(=O)N(C)C)c1)N1CCSC(C(C)C)C1. The van der Waals surface area contributed by atoms with Crippen LogP contribution in [0.2, 0.25) is 0 Å². The van der Waals surface area contributed by atoms with E-state index in [2.05, 4.69) is 46.9 Å². The Morgan fingerprint density at radius 2 is 2.19 bits per heavy atom. The van der Waals surface area contributed by atoms with Gasteiger partial charge in [-0.3, -0.25) is 9.79 Å². The van der Waals surface area contributed by atoms with Crippen molar-refractivity contribution >= 4 is 23.6 Å². The van der Waals surface area contributed by atoms with E-state index in [4.69, 9.17) is 0 Å². The van der Waals surface area contributed by atoms with Crippen LogP contribution >= 0.6 is 11.8 Å². The molecule has 1 aromatic carbocycles. The molecule has 0 radical (unpaired) electrons. The number of carbonyl (C=O) groups is 1. The van der Waals surface area contributed by atoms with E-state index < -0.39 is 0 Å². The molecule has 1 saturated heterocycles. The van der Waals surface area contributed by atoms with Crippen LogP contribution in [0.15, 0.2) is 29.3 Å². The fourth-order valence-electron chi connectivity index (χ4n) is 3.04. The highest BCUT2D eigenvalue weighted by Gasteiger charge is 2.24. The maximum Gasteiger partial charge on any atom is 0.253 e. The first-order valence-electron chi connectivity index (χ1n) is 9.30. The molecular weight excluding hydrogens is 344 g/mol. The molecule has 1 aliphatic heterocycles. The third-order valence-corrected chi connectivity index (χ3v) is 6.17. The average Bonchev–Trinajstić information content (AvgIpc) is 2.65. The van der Waals surface area contributed by atoms with Gasteiger partial charge < -0.3 is 15.1 Å². The number of benzene rings is 1. The van der Waals surface area contributed by atoms with Gasteiger partial charge in [-0.05, 0) is 30.0 Å². The fourth-order valence-corrected chi connectivity index (χ4v) is 4.34. The molecule has 144 valence electrons. The number of thioether (sulfide) groups is 1. The number of hydrogen-bond acceptors (Lipinski definition) is 3. The molecule has 1 unspecified atom stereocenters. The first-order chi connectivity index (χ1) is 12.4. The molecule has 1 aromatic rings. The van der Waals surface area contributed by atoms with Crippen molar-refractivity contribution in [1.82, 2.24) is 15.1 Å². The zero-order chi connectivity index (χ0) is 19.1. The van der Waals surface area contributed by atoms with Gasteiger partial charge in [0.15, 0.2) is 5.96 Å². The predicted octanol–water partition coefficient (Wildman–Crippen LogP) is 2.58. The molecule has 26 heavy (non-hydrogen) atoms. The zero-order valence-corrected chi connectivity index (χ0v) is 17.5. The fraction of sp³-hybridized carbons (Fsp3) is 0.600. The van der Waals surface area contributed by atoms with Crippen LogP contribution in [0, 0.1) is 5.92 Å². The quantitative estimate of drug-likeness (QED) is 0.634. The molecular formula is C20H32N4OS. The summed E-state index contributed by atoms with van der Waals surface area (Å²) in [7, 11) is 5.41. The lowest BCUT2D eigenvalue weighted by atomic mass is 10.1. The van der Waals surface area contributed by atoms with Crippen molar-refractivity contribution in [2.75, 3.05) is 46.5 Å². The summed E-state index contributed by atoms with van der Waals surface area (Å²) in [5, 5.41) is 4.15. The number of hydrogen-bond donors (Lipinski definition) is 1. The van der Waals surface area contributed by atoms with Crippen LogP contribution in [-0.2, 0) is 6.42 Å². The molecule has 1 heterocycles. The minimum Gasteiger partial charge on any atom is -0.356 e. The standard InChI is InChI=1S/C20H32N4OS/c1-15(2)18-14-24(11-12-26-18)20(21-3)22-10-9-16-7-6-8-17(13-16)19(25)23(4)5/h6-8,13,15,18H,9-12,14H2,1-5H3,(H,21,22). The molecule has 0 saturated carbocycles. The van der Waals surface area contributed by atoms with Gasteiger partial charge in [-0.1, -0.05) is 26.0 Å². The molecule has 0 aliphatic carbocycles. The Kier molecular flexibility index (Phi) is 7.82. The third-order valence-electron chi connectivity index (χ3n) is 4.63. The van der Waals surface area contributed by atoms with Gasteiger partial charge >= 0.3 is 0 Å². The Morgan fingerprint density at radius 3 is 2.85 bits per heavy atom. The highest BCUT2D eigenvalue weighted by atomic mass is 32.2. The van der Waals surface area contributed by atoms with E-state index in [1.165, 1.54) is 0 Å². The van der Waals surface area contributed by atoms with E-state index in [1.54, 1.807) is 19.0 Å². The van der Waals surface area contributed by atoms with E-state index >= 15 is 0 Å². The second-order valence-electron chi connectivity index (χ2n) is 7.22. The van der Waals surface area contributed by atoms with Gasteiger partial charge in [-0.25, -0.2) is 0 Å². The third kappa shape index (κ3) is 5.66. The summed E-state index contributed by atoms with van der Waals surface area (Å²) in [6.07, 6.45) is 0.865. The van der Waals surface area contributed by atoms with E-state index in [1.807, 2.05) is 25.2 Å². The lowest BCUT2D eigenvalue weighted by Crippen LogP contribution is -2.49. The van der Waals surface area contributed by atoms with Crippen LogP contribution < -0.4 is 5.32 Å². The van der Waals surface area contributed by atoms with E-state index in [-0.39, 0.29) is 5.91 Å². The highest BCUT2D eigenvalue weighted by Crippen LogP contribution is 2.24. The van der Waals surface area contributed by atoms with Crippen molar-refractivity contribution in [3.8, 4) is 0 Å². The van der Waals surface area contributed by atoms with Crippen LogP contribution in [0.1, 0.15) is 29.8 Å². The van der Waals surface area contributed by atoms with Crippen molar-refractivity contribution < 1.29 is 4.79 Å². The topological polar surface area (TPSA) is 47.9 Å². The number of aliphatic imine (C=N–C) groups is 1. The van der Waals surface area contributed by atoms with Gasteiger partial charge in [-0.2, -0.15) is 11.8 Å². The maximum absolute atomic E-state index is 12.1. The van der Waals surface area contributed by atoms with Gasteiger partial charge in [0.05, 0.1) is 0 Å². The summed E-state index contributed by atoms with van der Waals surface area (Å²) >= 11 is 2.07. The smallest absolute Gasteiger partial charge is 0.253 e. The lowest BCUT2D eigenvalue weighted by Gasteiger charge is -2.36. The van der Waals surface area contributed by atoms with Crippen LogP contribution in [0.5, 0.6) is 0 Å². The number of rotatable bonds is 5. The molecule has 0 aromatic heterocycles. The van der Waals surface area contributed by atoms with Gasteiger partial charge in [0.25, 0.3) is 5.91 Å². The predicted molar refractivity (Wildman–Crippen MR) is 112 cm³/mol. The molecule has 1 fully saturated rings. The molecule has 0 spiro atoms. The van der Waals surface area contributed by atoms with Gasteiger partial charge in [-0.15, -0.1) is 0 Å². The number of amides is 1. The highest BCUT2D eigenvalue weighted by molar-refractivity contribution is 8.00. The largest absolute Gasteiger partial charge is 0.356 e. The number of nitrogens with zero attached hydrogens (tertiary/aromatic N) is 3. The number of nitrogens with one attached hydrogen (secondary N) is 1. The molecule has 1 aliphatic rings. The Hall–Kier alpha value is -1.69. The normalized spacial score (nSPS) is 18.2. The zero-order valence-electron chi connectivity index (χ0n) is 16.7. The lowest BCUT2D eigenvalue weighted by molar-refractivity contribution is 0.0827. The van der Waals surface area contributed by atoms with Crippen LogP contribution in [-0.4, -0.2) is 73.4 Å². The minimum absolute atomic E-state index is 0.0427. The Labute approximate surface area is 162 Å². The average molecular weight is 377 g/mol. The van der Waals surface area contributed by atoms with Crippen LogP contribution in [0.4, 0.5) is 0 Å². The van der Waals surface area contributed by atoms with Crippen molar-refractivity contribution in [2.24, 2.45) is 10.9 Å². The van der Waals surface area contributed by atoms with Gasteiger partial charge in [0, 0.05) is 57.3 Å². The number of carbonyl (C=O) groups excluding carboxylic acids is 1. The number of guanidine groups is 1.